The average Bonchev–Trinajstić information content (AvgIpc) is 3.37. The van der Waals surface area contributed by atoms with Crippen LogP contribution < -0.4 is 81.0 Å². The molecule has 0 aromatic heterocycles. The van der Waals surface area contributed by atoms with E-state index in [0.717, 1.165) is 0 Å². The molecule has 0 saturated heterocycles. The van der Waals surface area contributed by atoms with Crippen LogP contribution in [0.2, 0.25) is 0 Å². The van der Waals surface area contributed by atoms with Crippen LogP contribution in [-0.2, 0) is 57.5 Å². The van der Waals surface area contributed by atoms with Crippen LogP contribution in [-0.4, -0.2) is 168 Å². The summed E-state index contributed by atoms with van der Waals surface area (Å²) >= 11 is 0. The fourth-order valence-electron chi connectivity index (χ4n) is 7.85. The number of carboxylic acids is 1. The summed E-state index contributed by atoms with van der Waals surface area (Å²) < 4.78 is 0. The maximum atomic E-state index is 14.1. The third kappa shape index (κ3) is 31.2. The van der Waals surface area contributed by atoms with Crippen molar-refractivity contribution in [2.75, 3.05) is 19.6 Å². The number of nitrogens with two attached hydrogens (primary N) is 3. The summed E-state index contributed by atoms with van der Waals surface area (Å²) in [7, 11) is 0. The third-order valence-corrected chi connectivity index (χ3v) is 11.9. The second-order valence-electron chi connectivity index (χ2n) is 22.1. The molecule has 0 radical (unpaired) electrons. The molecule has 0 aliphatic heterocycles. The van der Waals surface area contributed by atoms with Crippen LogP contribution in [0.15, 0.2) is 4.99 Å². The Bertz CT molecular complexity index is 2240. The maximum absolute atomic E-state index is 14.1. The molecule has 0 aromatic rings. The highest BCUT2D eigenvalue weighted by Gasteiger charge is 2.37. The molecule has 0 heterocycles. The van der Waals surface area contributed by atoms with E-state index in [4.69, 9.17) is 17.2 Å². The van der Waals surface area contributed by atoms with E-state index < -0.39 is 144 Å². The van der Waals surface area contributed by atoms with Gasteiger partial charge in [0.25, 0.3) is 0 Å². The quantitative estimate of drug-likeness (QED) is 0.0166. The smallest absolute Gasteiger partial charge is 0.312 e. The minimum absolute atomic E-state index is 0.0105. The lowest BCUT2D eigenvalue weighted by Crippen LogP contribution is -2.63. The van der Waals surface area contributed by atoms with Crippen LogP contribution in [0.4, 0.5) is 4.79 Å². The number of carbonyl (C=O) groups is 13. The van der Waals surface area contributed by atoms with E-state index in [0.29, 0.717) is 6.42 Å². The first kappa shape index (κ1) is 74.2. The van der Waals surface area contributed by atoms with Crippen LogP contribution >= 0.6 is 0 Å². The fraction of sp³-hybridized carbons (Fsp3) is 0.731. The number of rotatable bonds is 38. The lowest BCUT2D eigenvalue weighted by molar-refractivity contribution is -0.141. The van der Waals surface area contributed by atoms with Gasteiger partial charge in [-0.05, 0) is 104 Å². The van der Waals surface area contributed by atoms with Gasteiger partial charge < -0.3 is 86.1 Å². The summed E-state index contributed by atoms with van der Waals surface area (Å²) in [5, 5.41) is 39.9. The normalized spacial score (nSPS) is 14.2. The predicted octanol–water partition coefficient (Wildman–Crippen LogP) is -3.03. The molecule has 0 rings (SSSR count). The molecule has 0 bridgehead atoms. The van der Waals surface area contributed by atoms with Gasteiger partial charge in [-0.25, -0.2) is 4.79 Å². The molecular weight excluding hydrogens is 1070 g/mol. The average molecular weight is 1170 g/mol. The largest absolute Gasteiger partial charge is 0.481 e. The molecule has 30 heteroatoms. The number of hydrogen-bond acceptors (Lipinski definition) is 14. The van der Waals surface area contributed by atoms with Gasteiger partial charge in [-0.2, -0.15) is 0 Å². The topological polar surface area (TPSA) is 477 Å². The molecule has 0 spiro atoms. The molecule has 0 aliphatic carbocycles. The van der Waals surface area contributed by atoms with E-state index >= 15 is 0 Å². The van der Waals surface area contributed by atoms with Crippen molar-refractivity contribution in [2.24, 2.45) is 39.9 Å². The standard InChI is InChI=1S/C52H94N16O14/c1-14-32(43(75)65-36(22-27(4)5)46(78)64-34(18-16-20-57-51(55)82)48(80)68-52(12,13)49(81)67-37(23-28(6)7)44(76)59-29(8)9)63-41(73)30(10)60-45(77)35(21-26(2)3)66-47(79)38(24-40(71)72)62-39(70)25-58-42(74)33(61-31(11)69)17-15-19-56-50(53)54/h26-30,32-38H,14-25H2,1-13H3,(H,58,74)(H,59,76)(H,60,77)(H,61,69)(H,62,70)(H,63,73)(H,64,78)(H,65,75)(H,66,79)(H,67,81)(H,68,80)(H,71,72)(H4,53,54,56)(H3,55,57,82)/t30-,32-,33-,34-,35-,36-,37-,38?/m0/s1. The number of nitrogens with zero attached hydrogens (tertiary/aromatic N) is 1. The third-order valence-electron chi connectivity index (χ3n) is 11.9. The molecule has 1 unspecified atom stereocenters. The molecule has 30 nitrogen and oxygen atoms in total. The summed E-state index contributed by atoms with van der Waals surface area (Å²) in [6, 6.07) is -11.4. The number of carbonyl (C=O) groups excluding carboxylic acids is 12. The van der Waals surface area contributed by atoms with Gasteiger partial charge in [0, 0.05) is 26.1 Å². The second-order valence-corrected chi connectivity index (χ2v) is 22.1. The summed E-state index contributed by atoms with van der Waals surface area (Å²) in [4.78, 5) is 174. The van der Waals surface area contributed by atoms with Gasteiger partial charge in [0.05, 0.1) is 13.0 Å². The minimum Gasteiger partial charge on any atom is -0.481 e. The van der Waals surface area contributed by atoms with Gasteiger partial charge >= 0.3 is 12.0 Å². The highest BCUT2D eigenvalue weighted by atomic mass is 16.4. The van der Waals surface area contributed by atoms with E-state index in [1.54, 1.807) is 48.5 Å². The van der Waals surface area contributed by atoms with Crippen LogP contribution in [0.1, 0.15) is 148 Å². The Morgan fingerprint density at radius 3 is 1.43 bits per heavy atom. The summed E-state index contributed by atoms with van der Waals surface area (Å²) in [5.41, 5.74) is 14.2. The van der Waals surface area contributed by atoms with Crippen molar-refractivity contribution in [3.05, 3.63) is 0 Å². The molecule has 0 saturated carbocycles. The Kier molecular flexibility index (Phi) is 33.7. The van der Waals surface area contributed by atoms with Gasteiger partial charge in [0.1, 0.15) is 53.9 Å². The monoisotopic (exact) mass is 1170 g/mol. The van der Waals surface area contributed by atoms with E-state index in [1.807, 2.05) is 13.8 Å². The van der Waals surface area contributed by atoms with E-state index in [-0.39, 0.29) is 87.8 Å². The molecule has 0 fully saturated rings. The highest BCUT2D eigenvalue weighted by molar-refractivity contribution is 5.99. The second kappa shape index (κ2) is 37.2. The number of aliphatic imine (C=N–C) groups is 1. The van der Waals surface area contributed by atoms with Crippen molar-refractivity contribution in [3.63, 3.8) is 0 Å². The Morgan fingerprint density at radius 2 is 0.951 bits per heavy atom. The number of amides is 13. The van der Waals surface area contributed by atoms with Gasteiger partial charge in [-0.15, -0.1) is 0 Å². The Hall–Kier alpha value is -7.82. The zero-order valence-corrected chi connectivity index (χ0v) is 49.8. The van der Waals surface area contributed by atoms with Crippen molar-refractivity contribution in [1.29, 1.82) is 0 Å². The van der Waals surface area contributed by atoms with E-state index in [2.05, 4.69) is 68.8 Å². The molecule has 8 atom stereocenters. The molecular formula is C52H94N16O14. The molecule has 13 amide bonds. The number of carboxylic acid groups (broad SMARTS) is 1. The first-order valence-corrected chi connectivity index (χ1v) is 27.6. The number of primary amides is 1. The lowest BCUT2D eigenvalue weighted by atomic mass is 9.98. The Labute approximate surface area is 480 Å². The molecule has 466 valence electrons. The molecule has 0 aliphatic rings. The van der Waals surface area contributed by atoms with Crippen molar-refractivity contribution in [2.45, 2.75) is 208 Å². The summed E-state index contributed by atoms with van der Waals surface area (Å²) in [5.74, 6) is -10.7. The van der Waals surface area contributed by atoms with Crippen LogP contribution in [0.5, 0.6) is 0 Å². The van der Waals surface area contributed by atoms with Crippen molar-refractivity contribution in [3.8, 4) is 0 Å². The molecule has 19 N–H and O–H groups in total. The highest BCUT2D eigenvalue weighted by Crippen LogP contribution is 2.13. The summed E-state index contributed by atoms with van der Waals surface area (Å²) in [6.45, 7) is 20.6. The lowest BCUT2D eigenvalue weighted by Gasteiger charge is -2.31. The van der Waals surface area contributed by atoms with Crippen molar-refractivity contribution in [1.82, 2.24) is 63.8 Å². The number of hydrogen-bond donors (Lipinski definition) is 16. The zero-order valence-electron chi connectivity index (χ0n) is 49.8. The summed E-state index contributed by atoms with van der Waals surface area (Å²) in [6.07, 6.45) is -0.199. The maximum Gasteiger partial charge on any atom is 0.312 e. The van der Waals surface area contributed by atoms with E-state index in [1.165, 1.54) is 27.7 Å². The first-order chi connectivity index (χ1) is 38.0. The molecule has 82 heavy (non-hydrogen) atoms. The van der Waals surface area contributed by atoms with Gasteiger partial charge in [0.15, 0.2) is 5.96 Å². The van der Waals surface area contributed by atoms with Crippen molar-refractivity contribution >= 4 is 82.9 Å². The van der Waals surface area contributed by atoms with E-state index in [9.17, 15) is 67.4 Å². The number of guanidine groups is 1. The zero-order chi connectivity index (χ0) is 63.2. The predicted molar refractivity (Wildman–Crippen MR) is 303 cm³/mol. The van der Waals surface area contributed by atoms with Crippen LogP contribution in [0, 0.1) is 17.8 Å². The minimum atomic E-state index is -1.75. The SMILES string of the molecule is CC[C@H](NC(=O)[C@H](C)NC(=O)[C@H](CC(C)C)NC(=O)C(CC(=O)O)NC(=O)CNC(=O)[C@H](CCCN=C(N)N)NC(C)=O)C(=O)N[C@@H](CC(C)C)C(=O)N[C@@H](CCCNC(N)=O)C(=O)NC(C)(C)C(=O)N[C@@H](CC(C)C)C(=O)NC(C)C. The van der Waals surface area contributed by atoms with Crippen LogP contribution in [0.25, 0.3) is 0 Å². The first-order valence-electron chi connectivity index (χ1n) is 27.6. The number of aliphatic carboxylic acids is 1. The van der Waals surface area contributed by atoms with Gasteiger partial charge in [-0.1, -0.05) is 48.5 Å². The molecule has 0 aromatic carbocycles. The number of nitrogens with one attached hydrogen (secondary N) is 12. The van der Waals surface area contributed by atoms with Gasteiger partial charge in [0.2, 0.25) is 65.0 Å². The van der Waals surface area contributed by atoms with Crippen LogP contribution in [0.3, 0.4) is 0 Å². The van der Waals surface area contributed by atoms with Gasteiger partial charge in [-0.3, -0.25) is 62.5 Å². The fourth-order valence-corrected chi connectivity index (χ4v) is 7.85. The Morgan fingerprint density at radius 1 is 0.500 bits per heavy atom. The van der Waals surface area contributed by atoms with Crippen molar-refractivity contribution < 1.29 is 67.4 Å². The number of urea groups is 1. The Balaban J connectivity index is 6.27.